The first-order chi connectivity index (χ1) is 14.3. The fourth-order valence-corrected chi connectivity index (χ4v) is 8.25. The van der Waals surface area contributed by atoms with Crippen molar-refractivity contribution in [2.24, 2.45) is 0 Å². The van der Waals surface area contributed by atoms with Gasteiger partial charge in [0.25, 0.3) is 0 Å². The van der Waals surface area contributed by atoms with E-state index in [1.54, 1.807) is 31.4 Å². The van der Waals surface area contributed by atoms with Crippen LogP contribution in [0.3, 0.4) is 0 Å². The molecule has 0 unspecified atom stereocenters. The van der Waals surface area contributed by atoms with Crippen LogP contribution in [-0.2, 0) is 19.9 Å². The average Bonchev–Trinajstić information content (AvgIpc) is 2.73. The van der Waals surface area contributed by atoms with Crippen molar-refractivity contribution in [3.8, 4) is 16.9 Å². The summed E-state index contributed by atoms with van der Waals surface area (Å²) in [5.74, 6) is 0.758. The topological polar surface area (TPSA) is 80.8 Å². The first-order valence-corrected chi connectivity index (χ1v) is 13.3. The Morgan fingerprint density at radius 1 is 0.767 bits per heavy atom. The molecular formula is C22H27NO5S2. The lowest BCUT2D eigenvalue weighted by Crippen LogP contribution is -2.58. The molecule has 2 aromatic carbocycles. The number of ether oxygens (including phenoxy) is 1. The van der Waals surface area contributed by atoms with Gasteiger partial charge in [-0.25, -0.2) is 16.8 Å². The number of nitrogens with zero attached hydrogens (tertiary/aromatic N) is 1. The SMILES string of the molecule is COc1ccc(-c2ccc(S(=O)(=O)N3CC(S(=O)(=O)C4CCCCC4)C3)cc2)cc1. The summed E-state index contributed by atoms with van der Waals surface area (Å²) in [5, 5.41) is -0.876. The van der Waals surface area contributed by atoms with Crippen molar-refractivity contribution in [1.82, 2.24) is 4.31 Å². The molecule has 0 N–H and O–H groups in total. The van der Waals surface area contributed by atoms with Crippen LogP contribution in [0.15, 0.2) is 53.4 Å². The zero-order valence-corrected chi connectivity index (χ0v) is 18.7. The van der Waals surface area contributed by atoms with E-state index in [4.69, 9.17) is 4.74 Å². The van der Waals surface area contributed by atoms with Gasteiger partial charge in [0.1, 0.15) is 5.75 Å². The molecule has 0 spiro atoms. The molecule has 2 fully saturated rings. The van der Waals surface area contributed by atoms with Crippen molar-refractivity contribution in [1.29, 1.82) is 0 Å². The Bertz CT molecular complexity index is 1080. The maximum absolute atomic E-state index is 12.9. The second-order valence-electron chi connectivity index (χ2n) is 8.05. The van der Waals surface area contributed by atoms with Crippen LogP contribution in [0.4, 0.5) is 0 Å². The minimum Gasteiger partial charge on any atom is -0.497 e. The van der Waals surface area contributed by atoms with Crippen molar-refractivity contribution in [2.75, 3.05) is 20.2 Å². The van der Waals surface area contributed by atoms with E-state index in [0.717, 1.165) is 36.1 Å². The third kappa shape index (κ3) is 4.00. The van der Waals surface area contributed by atoms with E-state index in [1.165, 1.54) is 4.31 Å². The minimum absolute atomic E-state index is 0.0569. The van der Waals surface area contributed by atoms with Gasteiger partial charge in [0.15, 0.2) is 9.84 Å². The lowest BCUT2D eigenvalue weighted by molar-refractivity contribution is 0.306. The molecule has 1 saturated heterocycles. The van der Waals surface area contributed by atoms with Crippen LogP contribution in [0, 0.1) is 0 Å². The Balaban J connectivity index is 1.44. The van der Waals surface area contributed by atoms with E-state index in [-0.39, 0.29) is 23.2 Å². The van der Waals surface area contributed by atoms with Crippen LogP contribution < -0.4 is 4.74 Å². The van der Waals surface area contributed by atoms with Gasteiger partial charge in [-0.3, -0.25) is 0 Å². The normalized spacial score (nSPS) is 19.4. The third-order valence-electron chi connectivity index (χ3n) is 6.21. The number of sulfone groups is 1. The average molecular weight is 450 g/mol. The van der Waals surface area contributed by atoms with Crippen molar-refractivity contribution < 1.29 is 21.6 Å². The first kappa shape index (κ1) is 21.3. The number of hydrogen-bond donors (Lipinski definition) is 0. The summed E-state index contributed by atoms with van der Waals surface area (Å²) in [6.45, 7) is 0.114. The predicted molar refractivity (Wildman–Crippen MR) is 117 cm³/mol. The van der Waals surface area contributed by atoms with Crippen LogP contribution in [0.25, 0.3) is 11.1 Å². The number of methoxy groups -OCH3 is 1. The van der Waals surface area contributed by atoms with Crippen LogP contribution in [-0.4, -0.2) is 51.8 Å². The van der Waals surface area contributed by atoms with Crippen molar-refractivity contribution >= 4 is 19.9 Å². The summed E-state index contributed by atoms with van der Waals surface area (Å²) in [6.07, 6.45) is 4.39. The summed E-state index contributed by atoms with van der Waals surface area (Å²) in [4.78, 5) is 0.188. The van der Waals surface area contributed by atoms with E-state index in [1.807, 2.05) is 24.3 Å². The Hall–Kier alpha value is -1.90. The van der Waals surface area contributed by atoms with Crippen molar-refractivity contribution in [3.05, 3.63) is 48.5 Å². The van der Waals surface area contributed by atoms with Gasteiger partial charge in [0.2, 0.25) is 10.0 Å². The number of benzene rings is 2. The maximum atomic E-state index is 12.9. The highest BCUT2D eigenvalue weighted by atomic mass is 32.2. The van der Waals surface area contributed by atoms with E-state index in [0.29, 0.717) is 12.8 Å². The molecule has 1 heterocycles. The van der Waals surface area contributed by atoms with Gasteiger partial charge in [0, 0.05) is 13.1 Å². The zero-order valence-electron chi connectivity index (χ0n) is 17.0. The standard InChI is InChI=1S/C22H27NO5S2/c1-28-19-11-7-17(8-12-19)18-9-13-21(14-10-18)30(26,27)23-15-22(16-23)29(24,25)20-5-3-2-4-6-20/h7-14,20,22H,2-6,15-16H2,1H3. The smallest absolute Gasteiger partial charge is 0.243 e. The molecule has 0 amide bonds. The summed E-state index contributed by atoms with van der Waals surface area (Å²) < 4.78 is 57.8. The highest BCUT2D eigenvalue weighted by molar-refractivity contribution is 7.93. The number of hydrogen-bond acceptors (Lipinski definition) is 5. The Morgan fingerprint density at radius 2 is 1.30 bits per heavy atom. The quantitative estimate of drug-likeness (QED) is 0.674. The van der Waals surface area contributed by atoms with Gasteiger partial charge in [-0.05, 0) is 48.2 Å². The van der Waals surface area contributed by atoms with E-state index in [2.05, 4.69) is 0 Å². The third-order valence-corrected chi connectivity index (χ3v) is 10.7. The Kier molecular flexibility index (Phi) is 5.92. The van der Waals surface area contributed by atoms with Gasteiger partial charge in [0.05, 0.1) is 22.5 Å². The summed E-state index contributed by atoms with van der Waals surface area (Å²) in [5.41, 5.74) is 1.86. The second kappa shape index (κ2) is 8.32. The van der Waals surface area contributed by atoms with Crippen LogP contribution in [0.1, 0.15) is 32.1 Å². The van der Waals surface area contributed by atoms with E-state index < -0.39 is 25.1 Å². The molecule has 8 heteroatoms. The van der Waals surface area contributed by atoms with Crippen LogP contribution in [0.2, 0.25) is 0 Å². The van der Waals surface area contributed by atoms with Gasteiger partial charge < -0.3 is 4.74 Å². The molecule has 1 aliphatic carbocycles. The molecular weight excluding hydrogens is 422 g/mol. The monoisotopic (exact) mass is 449 g/mol. The predicted octanol–water partition coefficient (Wildman–Crippen LogP) is 3.48. The molecule has 162 valence electrons. The maximum Gasteiger partial charge on any atom is 0.243 e. The van der Waals surface area contributed by atoms with Crippen LogP contribution >= 0.6 is 0 Å². The largest absolute Gasteiger partial charge is 0.497 e. The zero-order chi connectivity index (χ0) is 21.4. The molecule has 6 nitrogen and oxygen atoms in total. The number of rotatable bonds is 6. The molecule has 4 rings (SSSR count). The molecule has 2 aliphatic rings. The van der Waals surface area contributed by atoms with E-state index >= 15 is 0 Å². The first-order valence-electron chi connectivity index (χ1n) is 10.3. The fourth-order valence-electron chi connectivity index (χ4n) is 4.22. The molecule has 0 atom stereocenters. The number of sulfonamides is 1. The highest BCUT2D eigenvalue weighted by Gasteiger charge is 2.46. The second-order valence-corrected chi connectivity index (χ2v) is 12.5. The fraction of sp³-hybridized carbons (Fsp3) is 0.455. The molecule has 0 bridgehead atoms. The minimum atomic E-state index is -3.69. The van der Waals surface area contributed by atoms with Crippen molar-refractivity contribution in [2.45, 2.75) is 47.5 Å². The van der Waals surface area contributed by atoms with Crippen LogP contribution in [0.5, 0.6) is 5.75 Å². The molecule has 0 aromatic heterocycles. The lowest BCUT2D eigenvalue weighted by atomic mass is 10.0. The van der Waals surface area contributed by atoms with Gasteiger partial charge in [-0.15, -0.1) is 0 Å². The Labute approximate surface area is 178 Å². The van der Waals surface area contributed by atoms with Gasteiger partial charge >= 0.3 is 0 Å². The molecule has 0 radical (unpaired) electrons. The highest BCUT2D eigenvalue weighted by Crippen LogP contribution is 2.33. The van der Waals surface area contributed by atoms with Gasteiger partial charge in [-0.1, -0.05) is 43.5 Å². The van der Waals surface area contributed by atoms with Crippen molar-refractivity contribution in [3.63, 3.8) is 0 Å². The molecule has 1 aliphatic heterocycles. The van der Waals surface area contributed by atoms with E-state index in [9.17, 15) is 16.8 Å². The summed E-state index contributed by atoms with van der Waals surface area (Å²) in [7, 11) is -5.35. The Morgan fingerprint density at radius 3 is 1.83 bits per heavy atom. The molecule has 1 saturated carbocycles. The lowest BCUT2D eigenvalue weighted by Gasteiger charge is -2.39. The van der Waals surface area contributed by atoms with Gasteiger partial charge in [-0.2, -0.15) is 4.31 Å². The summed E-state index contributed by atoms with van der Waals surface area (Å²) >= 11 is 0. The molecule has 2 aromatic rings. The summed E-state index contributed by atoms with van der Waals surface area (Å²) in [6, 6.07) is 14.2. The molecule has 30 heavy (non-hydrogen) atoms.